The minimum absolute atomic E-state index is 0.364. The van der Waals surface area contributed by atoms with Crippen LogP contribution in [0.3, 0.4) is 0 Å². The topological polar surface area (TPSA) is 49.2 Å². The maximum atomic E-state index is 8.80. The molecule has 1 aromatic rings. The Bertz CT molecular complexity index is 417. The fourth-order valence-electron chi connectivity index (χ4n) is 1.44. The van der Waals surface area contributed by atoms with Gasteiger partial charge in [0.25, 0.3) is 0 Å². The molecule has 0 N–H and O–H groups in total. The van der Waals surface area contributed by atoms with Gasteiger partial charge in [-0.05, 0) is 0 Å². The number of hydrogen-bond donors (Lipinski definition) is 0. The summed E-state index contributed by atoms with van der Waals surface area (Å²) in [5.41, 5.74) is 0. The van der Waals surface area contributed by atoms with E-state index < -0.39 is 6.10 Å². The molecule has 1 aliphatic heterocycles. The van der Waals surface area contributed by atoms with Gasteiger partial charge < -0.3 is 9.64 Å². The third-order valence-corrected chi connectivity index (χ3v) is 4.21. The van der Waals surface area contributed by atoms with E-state index in [4.69, 9.17) is 33.2 Å². The molecule has 1 unspecified atom stereocenters. The second kappa shape index (κ2) is 5.19. The summed E-state index contributed by atoms with van der Waals surface area (Å²) in [6.45, 7) is 1.79. The number of halogens is 2. The van der Waals surface area contributed by atoms with Crippen molar-refractivity contribution in [3.05, 3.63) is 10.0 Å². The van der Waals surface area contributed by atoms with E-state index in [1.165, 1.54) is 11.3 Å². The van der Waals surface area contributed by atoms with Gasteiger partial charge in [0.15, 0.2) is 11.2 Å². The molecule has 2 heterocycles. The molecule has 0 spiro atoms. The van der Waals surface area contributed by atoms with Gasteiger partial charge in [0.2, 0.25) is 0 Å². The molecule has 1 fully saturated rings. The smallest absolute Gasteiger partial charge is 0.187 e. The van der Waals surface area contributed by atoms with Crippen LogP contribution in [0.4, 0.5) is 5.13 Å². The molecule has 0 aliphatic carbocycles. The van der Waals surface area contributed by atoms with Gasteiger partial charge in [-0.15, -0.1) is 11.6 Å². The predicted octanol–water partition coefficient (Wildman–Crippen LogP) is 2.26. The average molecular weight is 278 g/mol. The number of thiazole rings is 1. The van der Waals surface area contributed by atoms with Crippen LogP contribution in [-0.4, -0.2) is 30.8 Å². The molecule has 1 aromatic heterocycles. The van der Waals surface area contributed by atoms with Crippen LogP contribution in [0.25, 0.3) is 0 Å². The molecule has 16 heavy (non-hydrogen) atoms. The molecule has 2 rings (SSSR count). The summed E-state index contributed by atoms with van der Waals surface area (Å²) in [4.78, 5) is 7.10. The Kier molecular flexibility index (Phi) is 3.87. The van der Waals surface area contributed by atoms with Gasteiger partial charge >= 0.3 is 0 Å². The number of hydrogen-bond acceptors (Lipinski definition) is 5. The van der Waals surface area contributed by atoms with Crippen molar-refractivity contribution >= 4 is 39.7 Å². The quantitative estimate of drug-likeness (QED) is 0.779. The van der Waals surface area contributed by atoms with Crippen LogP contribution in [0, 0.1) is 11.3 Å². The minimum Gasteiger partial charge on any atom is -0.360 e. The van der Waals surface area contributed by atoms with Crippen molar-refractivity contribution in [2.45, 2.75) is 12.0 Å². The van der Waals surface area contributed by atoms with Gasteiger partial charge in [-0.25, -0.2) is 4.98 Å². The summed E-state index contributed by atoms with van der Waals surface area (Å²) in [6.07, 6.45) is -0.393. The zero-order valence-electron chi connectivity index (χ0n) is 8.32. The molecule has 0 amide bonds. The highest BCUT2D eigenvalue weighted by molar-refractivity contribution is 7.16. The first-order valence-corrected chi connectivity index (χ1v) is 6.45. The van der Waals surface area contributed by atoms with E-state index in [0.29, 0.717) is 24.2 Å². The second-order valence-corrected chi connectivity index (χ2v) is 4.97. The van der Waals surface area contributed by atoms with Crippen LogP contribution in [0.5, 0.6) is 0 Å². The Balaban J connectivity index is 2.14. The molecule has 0 bridgehead atoms. The third kappa shape index (κ3) is 2.41. The van der Waals surface area contributed by atoms with Crippen LogP contribution in [0.1, 0.15) is 4.88 Å². The maximum absolute atomic E-state index is 8.80. The molecule has 1 atom stereocenters. The first-order chi connectivity index (χ1) is 7.74. The van der Waals surface area contributed by atoms with E-state index in [-0.39, 0.29) is 0 Å². The van der Waals surface area contributed by atoms with Crippen LogP contribution < -0.4 is 4.90 Å². The fourth-order valence-corrected chi connectivity index (χ4v) is 2.95. The molecule has 1 aliphatic rings. The van der Waals surface area contributed by atoms with Crippen molar-refractivity contribution < 1.29 is 4.74 Å². The number of morpholine rings is 1. The largest absolute Gasteiger partial charge is 0.360 e. The lowest BCUT2D eigenvalue weighted by Gasteiger charge is -2.29. The van der Waals surface area contributed by atoms with E-state index in [9.17, 15) is 0 Å². The lowest BCUT2D eigenvalue weighted by atomic mass is 10.3. The number of ether oxygens (including phenoxy) is 1. The maximum Gasteiger partial charge on any atom is 0.187 e. The van der Waals surface area contributed by atoms with Crippen LogP contribution >= 0.6 is 34.5 Å². The Labute approximate surface area is 107 Å². The summed E-state index contributed by atoms with van der Waals surface area (Å²) in [6, 6.07) is 2.09. The molecule has 4 nitrogen and oxygen atoms in total. The number of anilines is 1. The van der Waals surface area contributed by atoms with Crippen LogP contribution in [0.15, 0.2) is 0 Å². The molecular weight excluding hydrogens is 269 g/mol. The number of rotatable bonds is 2. The molecule has 0 radical (unpaired) electrons. The lowest BCUT2D eigenvalue weighted by molar-refractivity contribution is 0.0764. The molecular formula is C9H9Cl2N3OS. The van der Waals surface area contributed by atoms with E-state index in [1.807, 2.05) is 4.90 Å². The molecule has 1 saturated heterocycles. The fraction of sp³-hybridized carbons (Fsp3) is 0.556. The lowest BCUT2D eigenvalue weighted by Crippen LogP contribution is -2.41. The minimum atomic E-state index is -0.393. The number of nitriles is 1. The summed E-state index contributed by atoms with van der Waals surface area (Å²) in [5, 5.41) is 10.1. The summed E-state index contributed by atoms with van der Waals surface area (Å²) in [5.74, 6) is 0.364. The normalized spacial score (nSPS) is 20.8. The standard InChI is InChI=1S/C9H9Cl2N3OS/c10-3-7-8(11)13-9(16-7)14-1-2-15-6(4-12)5-14/h6H,1-3,5H2. The Morgan fingerprint density at radius 3 is 3.12 bits per heavy atom. The van der Waals surface area contributed by atoms with E-state index in [1.54, 1.807) is 0 Å². The predicted molar refractivity (Wildman–Crippen MR) is 64.2 cm³/mol. The van der Waals surface area contributed by atoms with Crippen molar-refractivity contribution in [1.29, 1.82) is 5.26 Å². The van der Waals surface area contributed by atoms with E-state index >= 15 is 0 Å². The van der Waals surface area contributed by atoms with Crippen molar-refractivity contribution in [3.8, 4) is 6.07 Å². The zero-order chi connectivity index (χ0) is 11.5. The van der Waals surface area contributed by atoms with Crippen molar-refractivity contribution in [3.63, 3.8) is 0 Å². The molecule has 7 heteroatoms. The van der Waals surface area contributed by atoms with E-state index in [2.05, 4.69) is 11.1 Å². The number of alkyl halides is 1. The van der Waals surface area contributed by atoms with Crippen molar-refractivity contribution in [2.75, 3.05) is 24.6 Å². The summed E-state index contributed by atoms with van der Waals surface area (Å²) < 4.78 is 5.26. The summed E-state index contributed by atoms with van der Waals surface area (Å²) >= 11 is 13.1. The highest BCUT2D eigenvalue weighted by Gasteiger charge is 2.23. The highest BCUT2D eigenvalue weighted by Crippen LogP contribution is 2.31. The van der Waals surface area contributed by atoms with Crippen molar-refractivity contribution in [1.82, 2.24) is 4.98 Å². The zero-order valence-corrected chi connectivity index (χ0v) is 10.6. The van der Waals surface area contributed by atoms with Crippen LogP contribution in [0.2, 0.25) is 5.15 Å². The highest BCUT2D eigenvalue weighted by atomic mass is 35.5. The van der Waals surface area contributed by atoms with Crippen molar-refractivity contribution in [2.24, 2.45) is 0 Å². The first-order valence-electron chi connectivity index (χ1n) is 4.72. The Morgan fingerprint density at radius 1 is 1.69 bits per heavy atom. The molecule has 0 saturated carbocycles. The van der Waals surface area contributed by atoms with Gasteiger partial charge in [-0.3, -0.25) is 0 Å². The van der Waals surface area contributed by atoms with Gasteiger partial charge in [-0.2, -0.15) is 5.26 Å². The molecule has 86 valence electrons. The SMILES string of the molecule is N#CC1CN(c2nc(Cl)c(CCl)s2)CCO1. The monoisotopic (exact) mass is 277 g/mol. The van der Waals surface area contributed by atoms with Crippen LogP contribution in [-0.2, 0) is 10.6 Å². The van der Waals surface area contributed by atoms with Gasteiger partial charge in [0.05, 0.1) is 30.0 Å². The first kappa shape index (κ1) is 11.9. The average Bonchev–Trinajstić information content (AvgIpc) is 2.71. The van der Waals surface area contributed by atoms with E-state index in [0.717, 1.165) is 16.6 Å². The molecule has 0 aromatic carbocycles. The van der Waals surface area contributed by atoms with Gasteiger partial charge in [0, 0.05) is 6.54 Å². The van der Waals surface area contributed by atoms with Gasteiger partial charge in [0.1, 0.15) is 5.15 Å². The second-order valence-electron chi connectivity index (χ2n) is 3.28. The Morgan fingerprint density at radius 2 is 2.50 bits per heavy atom. The van der Waals surface area contributed by atoms with Gasteiger partial charge in [-0.1, -0.05) is 22.9 Å². The Hall–Kier alpha value is -0.540. The summed E-state index contributed by atoms with van der Waals surface area (Å²) in [7, 11) is 0. The third-order valence-electron chi connectivity index (χ3n) is 2.24. The number of nitrogens with zero attached hydrogens (tertiary/aromatic N) is 3. The number of aromatic nitrogens is 1.